The number of anilines is 1. The molecule has 0 aliphatic carbocycles. The summed E-state index contributed by atoms with van der Waals surface area (Å²) in [5.41, 5.74) is -0.801. The van der Waals surface area contributed by atoms with Crippen molar-refractivity contribution in [3.05, 3.63) is 36.5 Å². The molecule has 0 N–H and O–H groups in total. The fourth-order valence-corrected chi connectivity index (χ4v) is 4.60. The highest BCUT2D eigenvalue weighted by atomic mass is 19.4. The molecule has 2 fully saturated rings. The third kappa shape index (κ3) is 4.61. The van der Waals surface area contributed by atoms with E-state index in [0.717, 1.165) is 38.3 Å². The number of carbonyl (C=O) groups excluding carboxylic acids is 1. The number of nitrogens with zero attached hydrogens (tertiary/aromatic N) is 7. The van der Waals surface area contributed by atoms with Gasteiger partial charge in [-0.05, 0) is 39.7 Å². The predicted molar refractivity (Wildman–Crippen MR) is 121 cm³/mol. The predicted octanol–water partition coefficient (Wildman–Crippen LogP) is 4.04. The number of imidazole rings is 1. The van der Waals surface area contributed by atoms with Crippen LogP contribution in [0.4, 0.5) is 23.8 Å². The highest BCUT2D eigenvalue weighted by molar-refractivity contribution is 5.69. The van der Waals surface area contributed by atoms with Crippen molar-refractivity contribution in [2.45, 2.75) is 45.4 Å². The van der Waals surface area contributed by atoms with Crippen LogP contribution in [0.3, 0.4) is 0 Å². The molecule has 2 aliphatic heterocycles. The zero-order valence-corrected chi connectivity index (χ0v) is 19.7. The first-order valence-electron chi connectivity index (χ1n) is 11.4. The molecule has 3 aromatic rings. The third-order valence-electron chi connectivity index (χ3n) is 6.41. The number of alkyl halides is 3. The van der Waals surface area contributed by atoms with Gasteiger partial charge in [0.25, 0.3) is 0 Å². The molecule has 2 aliphatic rings. The fraction of sp³-hybridized carbons (Fsp3) is 0.522. The van der Waals surface area contributed by atoms with Crippen LogP contribution in [-0.2, 0) is 10.9 Å². The van der Waals surface area contributed by atoms with Crippen molar-refractivity contribution in [1.29, 1.82) is 0 Å². The maximum atomic E-state index is 13.1. The molecule has 1 amide bonds. The molecular formula is C23H26F3N7O2. The van der Waals surface area contributed by atoms with Gasteiger partial charge in [-0.25, -0.2) is 24.7 Å². The maximum Gasteiger partial charge on any atom is 0.434 e. The summed E-state index contributed by atoms with van der Waals surface area (Å²) in [5, 5.41) is 0. The molecule has 12 heteroatoms. The molecule has 5 heterocycles. The molecule has 9 nitrogen and oxygen atoms in total. The van der Waals surface area contributed by atoms with Gasteiger partial charge < -0.3 is 14.5 Å². The topological polar surface area (TPSA) is 88.8 Å². The number of hydrogen-bond acceptors (Lipinski definition) is 7. The lowest BCUT2D eigenvalue weighted by Gasteiger charge is -2.53. The summed E-state index contributed by atoms with van der Waals surface area (Å²) in [6.07, 6.45) is 2.00. The van der Waals surface area contributed by atoms with Gasteiger partial charge in [-0.2, -0.15) is 13.2 Å². The van der Waals surface area contributed by atoms with Gasteiger partial charge in [-0.15, -0.1) is 0 Å². The average molecular weight is 490 g/mol. The molecule has 35 heavy (non-hydrogen) atoms. The molecule has 186 valence electrons. The normalized spacial score (nSPS) is 18.1. The van der Waals surface area contributed by atoms with Crippen molar-refractivity contribution in [3.63, 3.8) is 0 Å². The van der Waals surface area contributed by atoms with Crippen molar-refractivity contribution in [3.8, 4) is 11.5 Å². The first kappa shape index (κ1) is 23.3. The van der Waals surface area contributed by atoms with Gasteiger partial charge in [0.1, 0.15) is 17.1 Å². The van der Waals surface area contributed by atoms with Gasteiger partial charge in [0, 0.05) is 44.0 Å². The largest absolute Gasteiger partial charge is 0.444 e. The van der Waals surface area contributed by atoms with Gasteiger partial charge >= 0.3 is 12.3 Å². The van der Waals surface area contributed by atoms with Crippen molar-refractivity contribution in [2.75, 3.05) is 31.1 Å². The van der Waals surface area contributed by atoms with E-state index in [-0.39, 0.29) is 23.0 Å². The minimum atomic E-state index is -4.57. The summed E-state index contributed by atoms with van der Waals surface area (Å²) in [6.45, 7) is 8.45. The first-order valence-corrected chi connectivity index (χ1v) is 11.4. The van der Waals surface area contributed by atoms with E-state index in [1.807, 2.05) is 20.8 Å². The van der Waals surface area contributed by atoms with E-state index in [9.17, 15) is 18.0 Å². The second kappa shape index (κ2) is 8.06. The number of aromatic nitrogens is 5. The van der Waals surface area contributed by atoms with Crippen LogP contribution in [0.15, 0.2) is 30.9 Å². The highest BCUT2D eigenvalue weighted by Crippen LogP contribution is 2.41. The Morgan fingerprint density at radius 1 is 1.06 bits per heavy atom. The summed E-state index contributed by atoms with van der Waals surface area (Å²) < 4.78 is 46.2. The van der Waals surface area contributed by atoms with Crippen LogP contribution in [0.25, 0.3) is 17.2 Å². The summed E-state index contributed by atoms with van der Waals surface area (Å²) in [5.74, 6) is 0.988. The molecule has 3 aromatic heterocycles. The van der Waals surface area contributed by atoms with Crippen LogP contribution < -0.4 is 4.90 Å². The van der Waals surface area contributed by atoms with Crippen LogP contribution in [0.5, 0.6) is 0 Å². The van der Waals surface area contributed by atoms with E-state index in [1.165, 1.54) is 10.6 Å². The lowest BCUT2D eigenvalue weighted by molar-refractivity contribution is -0.141. The smallest absolute Gasteiger partial charge is 0.434 e. The van der Waals surface area contributed by atoms with E-state index in [2.05, 4.69) is 24.8 Å². The summed E-state index contributed by atoms with van der Waals surface area (Å²) in [7, 11) is 0. The maximum absolute atomic E-state index is 13.1. The molecule has 0 unspecified atom stereocenters. The van der Waals surface area contributed by atoms with E-state index in [1.54, 1.807) is 17.2 Å². The molecule has 1 spiro atoms. The summed E-state index contributed by atoms with van der Waals surface area (Å²) in [6, 6.07) is 1.79. The van der Waals surface area contributed by atoms with Gasteiger partial charge in [-0.1, -0.05) is 0 Å². The SMILES string of the molecule is CC(C)(C)OC(=O)N1CC2(CCN(c3ccnc(-c4cnc5cnc(C(F)(F)F)cn45)n3)CC2)C1. The highest BCUT2D eigenvalue weighted by Gasteiger charge is 2.48. The van der Waals surface area contributed by atoms with Crippen molar-refractivity contribution in [2.24, 2.45) is 5.41 Å². The van der Waals surface area contributed by atoms with E-state index in [4.69, 9.17) is 4.74 Å². The van der Waals surface area contributed by atoms with Crippen LogP contribution in [0.2, 0.25) is 0 Å². The number of carbonyl (C=O) groups is 1. The Labute approximate surface area is 200 Å². The second-order valence-electron chi connectivity index (χ2n) is 10.2. The molecule has 5 rings (SSSR count). The van der Waals surface area contributed by atoms with Crippen LogP contribution in [0, 0.1) is 5.41 Å². The Morgan fingerprint density at radius 2 is 1.77 bits per heavy atom. The zero-order valence-electron chi connectivity index (χ0n) is 19.7. The van der Waals surface area contributed by atoms with Crippen LogP contribution in [-0.4, -0.2) is 67.1 Å². The van der Waals surface area contributed by atoms with Crippen LogP contribution in [0.1, 0.15) is 39.3 Å². The minimum absolute atomic E-state index is 0.0892. The average Bonchev–Trinajstić information content (AvgIpc) is 3.19. The number of halogens is 3. The Kier molecular flexibility index (Phi) is 5.37. The monoisotopic (exact) mass is 489 g/mol. The van der Waals surface area contributed by atoms with E-state index in [0.29, 0.717) is 24.6 Å². The lowest BCUT2D eigenvalue weighted by atomic mass is 9.72. The van der Waals surface area contributed by atoms with Crippen molar-refractivity contribution >= 4 is 17.6 Å². The fourth-order valence-electron chi connectivity index (χ4n) is 4.60. The number of hydrogen-bond donors (Lipinski definition) is 0. The molecule has 0 saturated carbocycles. The number of likely N-dealkylation sites (tertiary alicyclic amines) is 1. The molecule has 0 radical (unpaired) electrons. The second-order valence-corrected chi connectivity index (χ2v) is 10.2. The molecule has 0 bridgehead atoms. The Bertz CT molecular complexity index is 1250. The molecule has 2 saturated heterocycles. The van der Waals surface area contributed by atoms with Gasteiger partial charge in [0.2, 0.25) is 0 Å². The Hall–Kier alpha value is -3.44. The number of piperidine rings is 1. The third-order valence-corrected chi connectivity index (χ3v) is 6.41. The van der Waals surface area contributed by atoms with Gasteiger partial charge in [0.05, 0.1) is 12.4 Å². The van der Waals surface area contributed by atoms with E-state index >= 15 is 0 Å². The van der Waals surface area contributed by atoms with Crippen LogP contribution >= 0.6 is 0 Å². The quantitative estimate of drug-likeness (QED) is 0.537. The van der Waals surface area contributed by atoms with Crippen molar-refractivity contribution in [1.82, 2.24) is 29.2 Å². The Balaban J connectivity index is 1.28. The van der Waals surface area contributed by atoms with Crippen molar-refractivity contribution < 1.29 is 22.7 Å². The molecule has 0 atom stereocenters. The number of rotatable bonds is 2. The Morgan fingerprint density at radius 3 is 2.43 bits per heavy atom. The van der Waals surface area contributed by atoms with Gasteiger partial charge in [0.15, 0.2) is 17.2 Å². The summed E-state index contributed by atoms with van der Waals surface area (Å²) >= 11 is 0. The van der Waals surface area contributed by atoms with Gasteiger partial charge in [-0.3, -0.25) is 4.40 Å². The van der Waals surface area contributed by atoms with E-state index < -0.39 is 17.5 Å². The molecular weight excluding hydrogens is 463 g/mol. The zero-order chi connectivity index (χ0) is 25.0. The lowest BCUT2D eigenvalue weighted by Crippen LogP contribution is -2.62. The minimum Gasteiger partial charge on any atom is -0.444 e. The first-order chi connectivity index (χ1) is 16.4. The molecule has 0 aromatic carbocycles. The summed E-state index contributed by atoms with van der Waals surface area (Å²) in [4.78, 5) is 32.6. The standard InChI is InChI=1S/C23H26F3N7O2/c1-21(2,3)35-20(34)32-13-22(14-32)5-8-31(9-6-22)17-4-7-27-19(30-17)15-10-29-18-11-28-16(12-33(15)18)23(24,25)26/h4,7,10-12H,5-6,8-9,13-14H2,1-3H3. The number of amides is 1. The number of ether oxygens (including phenoxy) is 1. The number of fused-ring (bicyclic) bond motifs is 1.